The van der Waals surface area contributed by atoms with E-state index in [0.717, 1.165) is 21.5 Å². The van der Waals surface area contributed by atoms with Gasteiger partial charge in [0.15, 0.2) is 0 Å². The number of methoxy groups -OCH3 is 1. The summed E-state index contributed by atoms with van der Waals surface area (Å²) >= 11 is 1.48. The number of benzene rings is 2. The molecule has 2 heterocycles. The monoisotopic (exact) mass is 432 g/mol. The maximum atomic E-state index is 13.7. The minimum Gasteiger partial charge on any atom is -0.469 e. The molecule has 0 amide bonds. The summed E-state index contributed by atoms with van der Waals surface area (Å²) in [6, 6.07) is 15.9. The van der Waals surface area contributed by atoms with E-state index in [1.165, 1.54) is 29.6 Å². The Balaban J connectivity index is 1.88. The molecule has 0 fully saturated rings. The third-order valence-corrected chi connectivity index (χ3v) is 6.41. The highest BCUT2D eigenvalue weighted by Crippen LogP contribution is 2.33. The minimum atomic E-state index is -0.283. The van der Waals surface area contributed by atoms with Crippen LogP contribution in [0.4, 0.5) is 0 Å². The molecular weight excluding hydrogens is 408 g/mol. The Kier molecular flexibility index (Phi) is 6.00. The van der Waals surface area contributed by atoms with Crippen LogP contribution in [-0.2, 0) is 16.1 Å². The molecule has 0 atom stereocenters. The molecule has 0 saturated heterocycles. The molecule has 158 valence electrons. The highest BCUT2D eigenvalue weighted by atomic mass is 32.1. The first-order valence-corrected chi connectivity index (χ1v) is 11.1. The van der Waals surface area contributed by atoms with Crippen LogP contribution in [0.3, 0.4) is 0 Å². The Morgan fingerprint density at radius 1 is 1.06 bits per heavy atom. The summed E-state index contributed by atoms with van der Waals surface area (Å²) in [6.07, 6.45) is 0.756. The zero-order valence-corrected chi connectivity index (χ0v) is 18.7. The average Bonchev–Trinajstić information content (AvgIpc) is 3.21. The summed E-state index contributed by atoms with van der Waals surface area (Å²) < 4.78 is 6.44. The highest BCUT2D eigenvalue weighted by Gasteiger charge is 2.18. The lowest BCUT2D eigenvalue weighted by atomic mass is 10.0. The number of esters is 1. The molecule has 4 aromatic rings. The van der Waals surface area contributed by atoms with Crippen molar-refractivity contribution in [1.29, 1.82) is 0 Å². The van der Waals surface area contributed by atoms with E-state index in [0.29, 0.717) is 24.2 Å². The molecule has 4 rings (SSSR count). The van der Waals surface area contributed by atoms with E-state index in [4.69, 9.17) is 9.72 Å². The van der Waals surface area contributed by atoms with E-state index in [2.05, 4.69) is 32.0 Å². The highest BCUT2D eigenvalue weighted by molar-refractivity contribution is 7.17. The Morgan fingerprint density at radius 3 is 2.55 bits per heavy atom. The third-order valence-electron chi connectivity index (χ3n) is 5.53. The van der Waals surface area contributed by atoms with Crippen molar-refractivity contribution in [2.45, 2.75) is 33.2 Å². The summed E-state index contributed by atoms with van der Waals surface area (Å²) in [5.74, 6) is 0.339. The predicted octanol–water partition coefficient (Wildman–Crippen LogP) is 5.36. The van der Waals surface area contributed by atoms with Gasteiger partial charge in [0.1, 0.15) is 10.7 Å². The van der Waals surface area contributed by atoms with Gasteiger partial charge in [0.2, 0.25) is 0 Å². The standard InChI is InChI=1S/C25H24N2O3S/c1-16-11-12-19(14-17(16)2)20-15-31-24-22(20)25(29)27(13-7-10-21(28)30-3)23(26-24)18-8-5-4-6-9-18/h4-6,8-9,11-12,14-15H,7,10,13H2,1-3H3. The van der Waals surface area contributed by atoms with Crippen LogP contribution in [0.5, 0.6) is 0 Å². The maximum Gasteiger partial charge on any atom is 0.305 e. The summed E-state index contributed by atoms with van der Waals surface area (Å²) in [5.41, 5.74) is 5.12. The SMILES string of the molecule is COC(=O)CCCn1c(-c2ccccc2)nc2scc(-c3ccc(C)c(C)c3)c2c1=O. The molecule has 0 unspecified atom stereocenters. The predicted molar refractivity (Wildman–Crippen MR) is 125 cm³/mol. The first kappa shape index (κ1) is 21.0. The molecular formula is C25H24N2O3S. The van der Waals surface area contributed by atoms with Crippen LogP contribution in [-0.4, -0.2) is 22.6 Å². The topological polar surface area (TPSA) is 61.2 Å². The van der Waals surface area contributed by atoms with Gasteiger partial charge in [-0.25, -0.2) is 4.98 Å². The second kappa shape index (κ2) is 8.86. The number of hydrogen-bond acceptors (Lipinski definition) is 5. The molecule has 31 heavy (non-hydrogen) atoms. The molecule has 0 N–H and O–H groups in total. The van der Waals surface area contributed by atoms with Gasteiger partial charge in [-0.05, 0) is 37.0 Å². The van der Waals surface area contributed by atoms with E-state index in [-0.39, 0.29) is 17.9 Å². The van der Waals surface area contributed by atoms with Gasteiger partial charge in [0.25, 0.3) is 5.56 Å². The zero-order chi connectivity index (χ0) is 22.0. The van der Waals surface area contributed by atoms with E-state index in [9.17, 15) is 9.59 Å². The quantitative estimate of drug-likeness (QED) is 0.385. The van der Waals surface area contributed by atoms with Gasteiger partial charge < -0.3 is 4.74 Å². The van der Waals surface area contributed by atoms with Gasteiger partial charge in [-0.2, -0.15) is 0 Å². The lowest BCUT2D eigenvalue weighted by Crippen LogP contribution is -2.24. The summed E-state index contributed by atoms with van der Waals surface area (Å²) in [5, 5.41) is 2.64. The van der Waals surface area contributed by atoms with Gasteiger partial charge in [0, 0.05) is 29.5 Å². The van der Waals surface area contributed by atoms with E-state index in [1.807, 2.05) is 35.7 Å². The van der Waals surface area contributed by atoms with Crippen molar-refractivity contribution in [1.82, 2.24) is 9.55 Å². The van der Waals surface area contributed by atoms with Crippen LogP contribution >= 0.6 is 11.3 Å². The molecule has 0 aliphatic rings. The van der Waals surface area contributed by atoms with Crippen molar-refractivity contribution < 1.29 is 9.53 Å². The number of carbonyl (C=O) groups excluding carboxylic acids is 1. The summed E-state index contributed by atoms with van der Waals surface area (Å²) in [6.45, 7) is 4.54. The second-order valence-electron chi connectivity index (χ2n) is 7.57. The van der Waals surface area contributed by atoms with Crippen LogP contribution in [0.2, 0.25) is 0 Å². The van der Waals surface area contributed by atoms with Crippen LogP contribution < -0.4 is 5.56 Å². The first-order chi connectivity index (χ1) is 15.0. The molecule has 0 saturated carbocycles. The first-order valence-electron chi connectivity index (χ1n) is 10.2. The molecule has 6 heteroatoms. The van der Waals surface area contributed by atoms with Gasteiger partial charge >= 0.3 is 5.97 Å². The maximum absolute atomic E-state index is 13.7. The second-order valence-corrected chi connectivity index (χ2v) is 8.42. The number of thiophene rings is 1. The average molecular weight is 433 g/mol. The van der Waals surface area contributed by atoms with Crippen LogP contribution in [0.25, 0.3) is 32.7 Å². The van der Waals surface area contributed by atoms with Crippen LogP contribution in [0, 0.1) is 13.8 Å². The van der Waals surface area contributed by atoms with Crippen LogP contribution in [0.15, 0.2) is 58.7 Å². The van der Waals surface area contributed by atoms with Crippen molar-refractivity contribution in [2.75, 3.05) is 7.11 Å². The minimum absolute atomic E-state index is 0.0804. The van der Waals surface area contributed by atoms with Crippen molar-refractivity contribution in [2.24, 2.45) is 0 Å². The number of aryl methyl sites for hydroxylation is 2. The van der Waals surface area contributed by atoms with E-state index < -0.39 is 0 Å². The molecule has 0 aliphatic carbocycles. The van der Waals surface area contributed by atoms with E-state index in [1.54, 1.807) is 4.57 Å². The van der Waals surface area contributed by atoms with Gasteiger partial charge in [-0.3, -0.25) is 14.2 Å². The number of carbonyl (C=O) groups is 1. The lowest BCUT2D eigenvalue weighted by molar-refractivity contribution is -0.140. The third kappa shape index (κ3) is 4.16. The van der Waals surface area contributed by atoms with Crippen LogP contribution in [0.1, 0.15) is 24.0 Å². The Bertz CT molecular complexity index is 1310. The number of rotatable bonds is 6. The number of aromatic nitrogens is 2. The molecule has 2 aromatic carbocycles. The van der Waals surface area contributed by atoms with Gasteiger partial charge in [-0.1, -0.05) is 48.5 Å². The fourth-order valence-corrected chi connectivity index (χ4v) is 4.58. The zero-order valence-electron chi connectivity index (χ0n) is 17.8. The smallest absolute Gasteiger partial charge is 0.305 e. The lowest BCUT2D eigenvalue weighted by Gasteiger charge is -2.13. The molecule has 2 aromatic heterocycles. The Hall–Kier alpha value is -3.25. The molecule has 0 spiro atoms. The van der Waals surface area contributed by atoms with Gasteiger partial charge in [-0.15, -0.1) is 11.3 Å². The van der Waals surface area contributed by atoms with Gasteiger partial charge in [0.05, 0.1) is 12.5 Å². The number of hydrogen-bond donors (Lipinski definition) is 0. The number of fused-ring (bicyclic) bond motifs is 1. The molecule has 0 aliphatic heterocycles. The van der Waals surface area contributed by atoms with Crippen molar-refractivity contribution in [3.8, 4) is 22.5 Å². The fraction of sp³-hybridized carbons (Fsp3) is 0.240. The van der Waals surface area contributed by atoms with Crippen molar-refractivity contribution in [3.05, 3.63) is 75.4 Å². The molecule has 0 bridgehead atoms. The number of nitrogens with zero attached hydrogens (tertiary/aromatic N) is 2. The summed E-state index contributed by atoms with van der Waals surface area (Å²) in [7, 11) is 1.37. The number of ether oxygens (including phenoxy) is 1. The largest absolute Gasteiger partial charge is 0.469 e. The molecule has 5 nitrogen and oxygen atoms in total. The van der Waals surface area contributed by atoms with E-state index >= 15 is 0 Å². The fourth-order valence-electron chi connectivity index (χ4n) is 3.64. The Morgan fingerprint density at radius 2 is 1.84 bits per heavy atom. The normalized spacial score (nSPS) is 11.1. The summed E-state index contributed by atoms with van der Waals surface area (Å²) in [4.78, 5) is 30.9. The van der Waals surface area contributed by atoms with Crippen molar-refractivity contribution >= 4 is 27.5 Å². The Labute approximate surface area is 185 Å². The molecule has 0 radical (unpaired) electrons. The van der Waals surface area contributed by atoms with Crippen molar-refractivity contribution in [3.63, 3.8) is 0 Å².